The third kappa shape index (κ3) is 2.22. The van der Waals surface area contributed by atoms with Gasteiger partial charge in [-0.05, 0) is 65.1 Å². The highest BCUT2D eigenvalue weighted by Gasteiger charge is 2.48. The van der Waals surface area contributed by atoms with Crippen LogP contribution in [0, 0.1) is 11.3 Å². The van der Waals surface area contributed by atoms with E-state index in [1.165, 1.54) is 47.3 Å². The van der Waals surface area contributed by atoms with Gasteiger partial charge in [-0.1, -0.05) is 6.42 Å². The van der Waals surface area contributed by atoms with Crippen LogP contribution in [0.1, 0.15) is 37.0 Å². The van der Waals surface area contributed by atoms with Gasteiger partial charge in [-0.15, -0.1) is 11.3 Å². The number of hydrogen-bond acceptors (Lipinski definition) is 2. The molecule has 0 radical (unpaired) electrons. The van der Waals surface area contributed by atoms with Crippen molar-refractivity contribution in [1.82, 2.24) is 5.32 Å². The Kier molecular flexibility index (Phi) is 3.11. The first kappa shape index (κ1) is 11.2. The molecule has 1 aromatic rings. The van der Waals surface area contributed by atoms with Crippen LogP contribution in [0.15, 0.2) is 15.9 Å². The Labute approximate surface area is 110 Å². The van der Waals surface area contributed by atoms with Crippen molar-refractivity contribution in [3.63, 3.8) is 0 Å². The summed E-state index contributed by atoms with van der Waals surface area (Å²) in [5, 5.41) is 3.67. The molecule has 1 heterocycles. The van der Waals surface area contributed by atoms with Crippen LogP contribution in [0.2, 0.25) is 0 Å². The number of halogens is 1. The summed E-state index contributed by atoms with van der Waals surface area (Å²) in [5.74, 6) is 1.06. The fourth-order valence-corrected chi connectivity index (χ4v) is 4.39. The molecule has 1 aromatic heterocycles. The van der Waals surface area contributed by atoms with Gasteiger partial charge in [0, 0.05) is 18.0 Å². The van der Waals surface area contributed by atoms with E-state index in [1.807, 2.05) is 11.3 Å². The lowest BCUT2D eigenvalue weighted by atomic mass is 9.65. The second-order valence-electron chi connectivity index (χ2n) is 5.30. The average molecular weight is 300 g/mol. The van der Waals surface area contributed by atoms with E-state index in [2.05, 4.69) is 33.4 Å². The van der Waals surface area contributed by atoms with E-state index in [4.69, 9.17) is 0 Å². The molecule has 2 aliphatic rings. The van der Waals surface area contributed by atoms with Crippen LogP contribution in [-0.4, -0.2) is 6.54 Å². The van der Waals surface area contributed by atoms with Gasteiger partial charge in [0.15, 0.2) is 0 Å². The maximum Gasteiger partial charge on any atom is 0.0701 e. The highest BCUT2D eigenvalue weighted by Crippen LogP contribution is 2.56. The van der Waals surface area contributed by atoms with Gasteiger partial charge >= 0.3 is 0 Å². The van der Waals surface area contributed by atoms with E-state index in [-0.39, 0.29) is 0 Å². The van der Waals surface area contributed by atoms with Crippen LogP contribution in [0.4, 0.5) is 0 Å². The average Bonchev–Trinajstić information content (AvgIpc) is 2.96. The standard InChI is InChI=1S/C13H18BrNS/c14-12-5-4-11(16-12)8-15-9-13(6-1-7-13)10-2-3-10/h4-5,10,15H,1-3,6-9H2. The first-order valence-electron chi connectivity index (χ1n) is 6.23. The molecule has 2 fully saturated rings. The molecule has 0 amide bonds. The maximum atomic E-state index is 3.67. The Bertz CT molecular complexity index is 366. The summed E-state index contributed by atoms with van der Waals surface area (Å²) in [6.07, 6.45) is 7.39. The third-order valence-electron chi connectivity index (χ3n) is 4.20. The van der Waals surface area contributed by atoms with Gasteiger partial charge in [-0.2, -0.15) is 0 Å². The number of thiophene rings is 1. The van der Waals surface area contributed by atoms with Gasteiger partial charge in [0.25, 0.3) is 0 Å². The molecule has 1 N–H and O–H groups in total. The van der Waals surface area contributed by atoms with Crippen molar-refractivity contribution in [1.29, 1.82) is 0 Å². The van der Waals surface area contributed by atoms with E-state index in [1.54, 1.807) is 0 Å². The van der Waals surface area contributed by atoms with Gasteiger partial charge in [-0.3, -0.25) is 0 Å². The van der Waals surface area contributed by atoms with E-state index < -0.39 is 0 Å². The molecule has 0 spiro atoms. The van der Waals surface area contributed by atoms with Crippen LogP contribution >= 0.6 is 27.3 Å². The minimum atomic E-state index is 0.703. The first-order valence-corrected chi connectivity index (χ1v) is 7.84. The molecule has 0 saturated heterocycles. The molecule has 0 aliphatic heterocycles. The SMILES string of the molecule is Brc1ccc(CNCC2(C3CC3)CCC2)s1. The second-order valence-corrected chi connectivity index (χ2v) is 7.85. The van der Waals surface area contributed by atoms with Gasteiger partial charge in [0.05, 0.1) is 3.79 Å². The minimum absolute atomic E-state index is 0.703. The zero-order valence-corrected chi connectivity index (χ0v) is 11.9. The molecular weight excluding hydrogens is 282 g/mol. The van der Waals surface area contributed by atoms with Gasteiger partial charge in [0.1, 0.15) is 0 Å². The Hall–Kier alpha value is 0.140. The fourth-order valence-electron chi connectivity index (χ4n) is 2.94. The Morgan fingerprint density at radius 2 is 2.19 bits per heavy atom. The molecule has 0 bridgehead atoms. The highest BCUT2D eigenvalue weighted by atomic mass is 79.9. The van der Waals surface area contributed by atoms with E-state index >= 15 is 0 Å². The van der Waals surface area contributed by atoms with Crippen molar-refractivity contribution < 1.29 is 0 Å². The molecule has 16 heavy (non-hydrogen) atoms. The van der Waals surface area contributed by atoms with Crippen LogP contribution < -0.4 is 5.32 Å². The van der Waals surface area contributed by atoms with Gasteiger partial charge in [-0.25, -0.2) is 0 Å². The van der Waals surface area contributed by atoms with Crippen molar-refractivity contribution in [2.45, 2.75) is 38.6 Å². The van der Waals surface area contributed by atoms with E-state index in [9.17, 15) is 0 Å². The van der Waals surface area contributed by atoms with Crippen molar-refractivity contribution >= 4 is 27.3 Å². The van der Waals surface area contributed by atoms with E-state index in [0.29, 0.717) is 5.41 Å². The summed E-state index contributed by atoms with van der Waals surface area (Å²) < 4.78 is 1.24. The van der Waals surface area contributed by atoms with Crippen LogP contribution in [0.25, 0.3) is 0 Å². The summed E-state index contributed by atoms with van der Waals surface area (Å²) >= 11 is 5.35. The fraction of sp³-hybridized carbons (Fsp3) is 0.692. The molecule has 2 aliphatic carbocycles. The molecule has 0 atom stereocenters. The summed E-state index contributed by atoms with van der Waals surface area (Å²) in [5.41, 5.74) is 0.703. The maximum absolute atomic E-state index is 3.67. The molecule has 1 nitrogen and oxygen atoms in total. The lowest BCUT2D eigenvalue weighted by molar-refractivity contribution is 0.0988. The predicted octanol–water partition coefficient (Wildman–Crippen LogP) is 4.18. The summed E-state index contributed by atoms with van der Waals surface area (Å²) in [6, 6.07) is 4.36. The topological polar surface area (TPSA) is 12.0 Å². The van der Waals surface area contributed by atoms with Crippen molar-refractivity contribution in [3.8, 4) is 0 Å². The highest BCUT2D eigenvalue weighted by molar-refractivity contribution is 9.11. The monoisotopic (exact) mass is 299 g/mol. The van der Waals surface area contributed by atoms with Crippen molar-refractivity contribution in [3.05, 3.63) is 20.8 Å². The zero-order chi connectivity index (χ0) is 11.0. The summed E-state index contributed by atoms with van der Waals surface area (Å²) in [6.45, 7) is 2.29. The van der Waals surface area contributed by atoms with Gasteiger partial charge in [0.2, 0.25) is 0 Å². The number of rotatable bonds is 5. The Morgan fingerprint density at radius 1 is 1.38 bits per heavy atom. The van der Waals surface area contributed by atoms with Crippen LogP contribution in [-0.2, 0) is 6.54 Å². The normalized spacial score (nSPS) is 23.1. The molecule has 3 heteroatoms. The third-order valence-corrected chi connectivity index (χ3v) is 5.82. The molecular formula is C13H18BrNS. The smallest absolute Gasteiger partial charge is 0.0701 e. The van der Waals surface area contributed by atoms with E-state index in [0.717, 1.165) is 12.5 Å². The molecule has 2 saturated carbocycles. The lowest BCUT2D eigenvalue weighted by Crippen LogP contribution is -2.41. The second kappa shape index (κ2) is 4.43. The summed E-state index contributed by atoms with van der Waals surface area (Å²) in [4.78, 5) is 1.44. The molecule has 0 aromatic carbocycles. The minimum Gasteiger partial charge on any atom is -0.311 e. The first-order chi connectivity index (χ1) is 7.78. The molecule has 88 valence electrons. The van der Waals surface area contributed by atoms with Crippen molar-refractivity contribution in [2.75, 3.05) is 6.54 Å². The Balaban J connectivity index is 1.49. The number of nitrogens with one attached hydrogen (secondary N) is 1. The van der Waals surface area contributed by atoms with Crippen molar-refractivity contribution in [2.24, 2.45) is 11.3 Å². The molecule has 3 rings (SSSR count). The quantitative estimate of drug-likeness (QED) is 0.860. The summed E-state index contributed by atoms with van der Waals surface area (Å²) in [7, 11) is 0. The van der Waals surface area contributed by atoms with Crippen LogP contribution in [0.5, 0.6) is 0 Å². The predicted molar refractivity (Wildman–Crippen MR) is 72.7 cm³/mol. The van der Waals surface area contributed by atoms with Crippen LogP contribution in [0.3, 0.4) is 0 Å². The molecule has 0 unspecified atom stereocenters. The number of hydrogen-bond donors (Lipinski definition) is 1. The lowest BCUT2D eigenvalue weighted by Gasteiger charge is -2.42. The Morgan fingerprint density at radius 3 is 2.69 bits per heavy atom. The largest absolute Gasteiger partial charge is 0.311 e. The zero-order valence-electron chi connectivity index (χ0n) is 9.47. The van der Waals surface area contributed by atoms with Gasteiger partial charge < -0.3 is 5.32 Å².